The molecule has 1 saturated carbocycles. The molecule has 0 aromatic carbocycles. The molecule has 1 aliphatic carbocycles. The van der Waals surface area contributed by atoms with E-state index in [1.807, 2.05) is 0 Å². The average molecular weight is 257 g/mol. The number of rotatable bonds is 5. The second-order valence-corrected chi connectivity index (χ2v) is 5.94. The van der Waals surface area contributed by atoms with Gasteiger partial charge in [-0.05, 0) is 45.4 Å². The summed E-state index contributed by atoms with van der Waals surface area (Å²) in [7, 11) is 0. The Hall–Kier alpha value is -1.26. The van der Waals surface area contributed by atoms with Crippen molar-refractivity contribution >= 4 is 12.1 Å². The van der Waals surface area contributed by atoms with Crippen molar-refractivity contribution in [2.75, 3.05) is 0 Å². The van der Waals surface area contributed by atoms with Gasteiger partial charge < -0.3 is 15.2 Å². The maximum Gasteiger partial charge on any atom is 0.408 e. The van der Waals surface area contributed by atoms with Crippen LogP contribution in [-0.2, 0) is 9.53 Å². The molecule has 2 N–H and O–H groups in total. The minimum Gasteiger partial charge on any atom is -0.480 e. The molecule has 104 valence electrons. The molecule has 3 unspecified atom stereocenters. The van der Waals surface area contributed by atoms with Gasteiger partial charge in [-0.15, -0.1) is 0 Å². The van der Waals surface area contributed by atoms with Crippen LogP contribution >= 0.6 is 0 Å². The second kappa shape index (κ2) is 5.59. The first kappa shape index (κ1) is 14.8. The molecule has 5 heteroatoms. The summed E-state index contributed by atoms with van der Waals surface area (Å²) < 4.78 is 5.06. The molecule has 1 aliphatic rings. The molecule has 1 amide bonds. The highest BCUT2D eigenvalue weighted by molar-refractivity contribution is 5.80. The number of hydrogen-bond acceptors (Lipinski definition) is 3. The van der Waals surface area contributed by atoms with Gasteiger partial charge in [-0.3, -0.25) is 0 Å². The predicted octanol–water partition coefficient (Wildman–Crippen LogP) is 2.40. The first-order valence-corrected chi connectivity index (χ1v) is 6.45. The lowest BCUT2D eigenvalue weighted by Crippen LogP contribution is -2.43. The Kier molecular flexibility index (Phi) is 4.59. The molecular weight excluding hydrogens is 234 g/mol. The van der Waals surface area contributed by atoms with Gasteiger partial charge in [0.25, 0.3) is 0 Å². The van der Waals surface area contributed by atoms with E-state index in [1.165, 1.54) is 0 Å². The summed E-state index contributed by atoms with van der Waals surface area (Å²) in [5.41, 5.74) is -0.612. The van der Waals surface area contributed by atoms with Gasteiger partial charge >= 0.3 is 12.1 Å². The fourth-order valence-corrected chi connectivity index (χ4v) is 2.07. The third-order valence-corrected chi connectivity index (χ3v) is 3.12. The van der Waals surface area contributed by atoms with Gasteiger partial charge in [-0.25, -0.2) is 9.59 Å². The van der Waals surface area contributed by atoms with E-state index in [2.05, 4.69) is 12.2 Å². The molecule has 18 heavy (non-hydrogen) atoms. The number of carbonyl (C=O) groups is 2. The monoisotopic (exact) mass is 257 g/mol. The zero-order chi connectivity index (χ0) is 13.9. The largest absolute Gasteiger partial charge is 0.480 e. The first-order valence-electron chi connectivity index (χ1n) is 6.45. The Balaban J connectivity index is 2.43. The highest BCUT2D eigenvalue weighted by atomic mass is 16.6. The molecule has 1 rings (SSSR count). The molecule has 0 saturated heterocycles. The van der Waals surface area contributed by atoms with Crippen LogP contribution in [0.15, 0.2) is 0 Å². The molecule has 0 spiro atoms. The van der Waals surface area contributed by atoms with Crippen LogP contribution in [0.2, 0.25) is 0 Å². The van der Waals surface area contributed by atoms with Crippen LogP contribution in [0.1, 0.15) is 47.0 Å². The molecule has 1 fully saturated rings. The molecule has 0 aromatic heterocycles. The minimum atomic E-state index is -0.998. The summed E-state index contributed by atoms with van der Waals surface area (Å²) in [5, 5.41) is 11.5. The van der Waals surface area contributed by atoms with E-state index in [4.69, 9.17) is 9.84 Å². The summed E-state index contributed by atoms with van der Waals surface area (Å²) in [6.45, 7) is 7.34. The Morgan fingerprint density at radius 3 is 2.39 bits per heavy atom. The van der Waals surface area contributed by atoms with Crippen LogP contribution in [-0.4, -0.2) is 28.8 Å². The number of alkyl carbamates (subject to hydrolysis) is 1. The predicted molar refractivity (Wildman–Crippen MR) is 67.3 cm³/mol. The summed E-state index contributed by atoms with van der Waals surface area (Å²) in [5.74, 6) is 0.0425. The molecule has 0 bridgehead atoms. The van der Waals surface area contributed by atoms with E-state index >= 15 is 0 Å². The summed E-state index contributed by atoms with van der Waals surface area (Å²) in [6, 6.07) is -0.846. The van der Waals surface area contributed by atoms with Gasteiger partial charge in [0, 0.05) is 0 Å². The van der Waals surface area contributed by atoms with Crippen LogP contribution in [0.4, 0.5) is 4.79 Å². The Labute approximate surface area is 108 Å². The maximum atomic E-state index is 11.5. The van der Waals surface area contributed by atoms with Crippen molar-refractivity contribution in [3.63, 3.8) is 0 Å². The fourth-order valence-electron chi connectivity index (χ4n) is 2.07. The fraction of sp³-hybridized carbons (Fsp3) is 0.846. The van der Waals surface area contributed by atoms with Gasteiger partial charge in [0.15, 0.2) is 0 Å². The number of carboxylic acids is 1. The Morgan fingerprint density at radius 2 is 2.00 bits per heavy atom. The van der Waals surface area contributed by atoms with E-state index in [-0.39, 0.29) is 0 Å². The second-order valence-electron chi connectivity index (χ2n) is 5.94. The third kappa shape index (κ3) is 4.94. The lowest BCUT2D eigenvalue weighted by atomic mass is 10.1. The van der Waals surface area contributed by atoms with E-state index < -0.39 is 23.7 Å². The van der Waals surface area contributed by atoms with Crippen LogP contribution in [0, 0.1) is 11.8 Å². The Morgan fingerprint density at radius 1 is 1.39 bits per heavy atom. The van der Waals surface area contributed by atoms with Gasteiger partial charge in [0.1, 0.15) is 11.6 Å². The highest BCUT2D eigenvalue weighted by Crippen LogP contribution is 2.44. The van der Waals surface area contributed by atoms with E-state index in [9.17, 15) is 9.59 Å². The van der Waals surface area contributed by atoms with E-state index in [1.54, 1.807) is 20.8 Å². The van der Waals surface area contributed by atoms with Crippen molar-refractivity contribution in [2.45, 2.75) is 58.6 Å². The van der Waals surface area contributed by atoms with Gasteiger partial charge in [-0.1, -0.05) is 13.3 Å². The number of nitrogens with one attached hydrogen (secondary N) is 1. The molecule has 0 aromatic rings. The molecule has 5 nitrogen and oxygen atoms in total. The molecular formula is C13H23NO4. The standard InChI is InChI=1S/C13H23NO4/c1-5-8-6-9(8)7-10(11(15)16)14-12(17)18-13(2,3)4/h8-10H,5-7H2,1-4H3,(H,14,17)(H,15,16). The average Bonchev–Trinajstić information content (AvgIpc) is 2.92. The van der Waals surface area contributed by atoms with Crippen molar-refractivity contribution in [2.24, 2.45) is 11.8 Å². The van der Waals surface area contributed by atoms with Gasteiger partial charge in [-0.2, -0.15) is 0 Å². The number of ether oxygens (including phenoxy) is 1. The van der Waals surface area contributed by atoms with Gasteiger partial charge in [0.05, 0.1) is 0 Å². The number of hydrogen-bond donors (Lipinski definition) is 2. The van der Waals surface area contributed by atoms with Crippen LogP contribution in [0.3, 0.4) is 0 Å². The number of carbonyl (C=O) groups excluding carboxylic acids is 1. The van der Waals surface area contributed by atoms with Crippen molar-refractivity contribution in [1.29, 1.82) is 0 Å². The van der Waals surface area contributed by atoms with Crippen molar-refractivity contribution < 1.29 is 19.4 Å². The molecule has 0 heterocycles. The molecule has 3 atom stereocenters. The lowest BCUT2D eigenvalue weighted by Gasteiger charge is -2.22. The quantitative estimate of drug-likeness (QED) is 0.793. The van der Waals surface area contributed by atoms with Crippen LogP contribution in [0.25, 0.3) is 0 Å². The lowest BCUT2D eigenvalue weighted by molar-refractivity contribution is -0.139. The van der Waals surface area contributed by atoms with E-state index in [0.717, 1.165) is 12.8 Å². The van der Waals surface area contributed by atoms with Crippen LogP contribution in [0.5, 0.6) is 0 Å². The topological polar surface area (TPSA) is 75.6 Å². The number of aliphatic carboxylic acids is 1. The SMILES string of the molecule is CCC1CC1CC(NC(=O)OC(C)(C)C)C(=O)O. The van der Waals surface area contributed by atoms with Crippen molar-refractivity contribution in [3.05, 3.63) is 0 Å². The van der Waals surface area contributed by atoms with Gasteiger partial charge in [0.2, 0.25) is 0 Å². The molecule has 0 radical (unpaired) electrons. The third-order valence-electron chi connectivity index (χ3n) is 3.12. The first-order chi connectivity index (χ1) is 8.23. The number of carboxylic acid groups (broad SMARTS) is 1. The zero-order valence-corrected chi connectivity index (χ0v) is 11.5. The van der Waals surface area contributed by atoms with E-state index in [0.29, 0.717) is 18.3 Å². The van der Waals surface area contributed by atoms with Crippen molar-refractivity contribution in [1.82, 2.24) is 5.32 Å². The number of amides is 1. The summed E-state index contributed by atoms with van der Waals surface area (Å²) >= 11 is 0. The smallest absolute Gasteiger partial charge is 0.408 e. The highest BCUT2D eigenvalue weighted by Gasteiger charge is 2.39. The van der Waals surface area contributed by atoms with Crippen LogP contribution < -0.4 is 5.32 Å². The Bertz CT molecular complexity index is 321. The normalized spacial score (nSPS) is 24.2. The van der Waals surface area contributed by atoms with Crippen molar-refractivity contribution in [3.8, 4) is 0 Å². The molecule has 0 aliphatic heterocycles. The minimum absolute atomic E-state index is 0.422. The zero-order valence-electron chi connectivity index (χ0n) is 11.5. The summed E-state index contributed by atoms with van der Waals surface area (Å²) in [6.07, 6.45) is 1.97. The maximum absolute atomic E-state index is 11.5. The summed E-state index contributed by atoms with van der Waals surface area (Å²) in [4.78, 5) is 22.6.